The van der Waals surface area contributed by atoms with Crippen molar-refractivity contribution in [2.24, 2.45) is 0 Å². The van der Waals surface area contributed by atoms with Gasteiger partial charge >= 0.3 is 6.18 Å². The topological polar surface area (TPSA) is 47.9 Å². The third-order valence-electron chi connectivity index (χ3n) is 3.15. The molecule has 2 aromatic carbocycles. The Labute approximate surface area is 126 Å². The zero-order valence-corrected chi connectivity index (χ0v) is 12.0. The van der Waals surface area contributed by atoms with E-state index in [0.29, 0.717) is 5.69 Å². The van der Waals surface area contributed by atoms with Crippen LogP contribution in [0.4, 0.5) is 24.5 Å². The number of alkyl halides is 3. The summed E-state index contributed by atoms with van der Waals surface area (Å²) in [5.74, 6) is -0.211. The molecule has 0 aliphatic carbocycles. The molecule has 0 atom stereocenters. The number of guanidine groups is 1. The van der Waals surface area contributed by atoms with Crippen molar-refractivity contribution in [3.8, 4) is 0 Å². The summed E-state index contributed by atoms with van der Waals surface area (Å²) in [6.45, 7) is 1.97. The maximum atomic E-state index is 12.9. The van der Waals surface area contributed by atoms with Gasteiger partial charge < -0.3 is 10.6 Å². The molecule has 0 heterocycles. The second-order valence-corrected chi connectivity index (χ2v) is 4.68. The summed E-state index contributed by atoms with van der Waals surface area (Å²) in [7, 11) is 0. The molecule has 0 bridgehead atoms. The highest BCUT2D eigenvalue weighted by molar-refractivity contribution is 6.02. The second-order valence-electron chi connectivity index (χ2n) is 4.68. The Morgan fingerprint density at radius 1 is 0.955 bits per heavy atom. The molecule has 3 N–H and O–H groups in total. The maximum Gasteiger partial charge on any atom is 0.418 e. The Morgan fingerprint density at radius 3 is 2.14 bits per heavy atom. The normalized spacial score (nSPS) is 11.1. The van der Waals surface area contributed by atoms with Gasteiger partial charge in [0.25, 0.3) is 0 Å². The number of benzene rings is 2. The van der Waals surface area contributed by atoms with E-state index in [9.17, 15) is 13.2 Å². The minimum Gasteiger partial charge on any atom is -0.326 e. The number of anilines is 2. The van der Waals surface area contributed by atoms with E-state index in [1.54, 1.807) is 12.1 Å². The molecule has 0 aliphatic rings. The highest BCUT2D eigenvalue weighted by atomic mass is 19.4. The lowest BCUT2D eigenvalue weighted by Gasteiger charge is -2.16. The van der Waals surface area contributed by atoms with Crippen LogP contribution in [0.25, 0.3) is 0 Å². The number of nitrogens with one attached hydrogen (secondary N) is 3. The van der Waals surface area contributed by atoms with Gasteiger partial charge in [-0.1, -0.05) is 37.3 Å². The predicted molar refractivity (Wildman–Crippen MR) is 82.2 cm³/mol. The van der Waals surface area contributed by atoms with Gasteiger partial charge in [-0.25, -0.2) is 0 Å². The van der Waals surface area contributed by atoms with Crippen molar-refractivity contribution in [1.82, 2.24) is 0 Å². The van der Waals surface area contributed by atoms with E-state index in [4.69, 9.17) is 5.41 Å². The van der Waals surface area contributed by atoms with Crippen LogP contribution in [-0.4, -0.2) is 5.96 Å². The van der Waals surface area contributed by atoms with Crippen LogP contribution in [0.3, 0.4) is 0 Å². The lowest BCUT2D eigenvalue weighted by atomic mass is 10.1. The van der Waals surface area contributed by atoms with E-state index in [2.05, 4.69) is 10.6 Å². The van der Waals surface area contributed by atoms with Crippen LogP contribution in [0.15, 0.2) is 48.5 Å². The summed E-state index contributed by atoms with van der Waals surface area (Å²) in [5, 5.41) is 13.1. The summed E-state index contributed by atoms with van der Waals surface area (Å²) in [6, 6.07) is 12.4. The third kappa shape index (κ3) is 3.78. The van der Waals surface area contributed by atoms with E-state index in [1.807, 2.05) is 19.1 Å². The zero-order valence-electron chi connectivity index (χ0n) is 12.0. The molecule has 6 heteroatoms. The molecule has 0 unspecified atom stereocenters. The van der Waals surface area contributed by atoms with Crippen molar-refractivity contribution >= 4 is 17.3 Å². The molecule has 0 amide bonds. The number of para-hydroxylation sites is 2. The van der Waals surface area contributed by atoms with E-state index < -0.39 is 11.7 Å². The molecule has 2 aromatic rings. The van der Waals surface area contributed by atoms with Crippen molar-refractivity contribution in [3.63, 3.8) is 0 Å². The molecular weight excluding hydrogens is 291 g/mol. The Hall–Kier alpha value is -2.50. The Bertz CT molecular complexity index is 666. The molecule has 0 aromatic heterocycles. The van der Waals surface area contributed by atoms with E-state index >= 15 is 0 Å². The first-order valence-electron chi connectivity index (χ1n) is 6.78. The van der Waals surface area contributed by atoms with Crippen LogP contribution in [0.5, 0.6) is 0 Å². The van der Waals surface area contributed by atoms with Crippen molar-refractivity contribution < 1.29 is 13.2 Å². The van der Waals surface area contributed by atoms with E-state index in [0.717, 1.165) is 18.1 Å². The van der Waals surface area contributed by atoms with E-state index in [1.165, 1.54) is 18.2 Å². The molecule has 22 heavy (non-hydrogen) atoms. The summed E-state index contributed by atoms with van der Waals surface area (Å²) >= 11 is 0. The summed E-state index contributed by atoms with van der Waals surface area (Å²) < 4.78 is 38.7. The maximum absolute atomic E-state index is 12.9. The lowest BCUT2D eigenvalue weighted by molar-refractivity contribution is -0.136. The van der Waals surface area contributed by atoms with Gasteiger partial charge in [-0.15, -0.1) is 0 Å². The summed E-state index contributed by atoms with van der Waals surface area (Å²) in [5.41, 5.74) is 0.733. The standard InChI is InChI=1S/C16H16F3N3/c1-2-11-7-3-5-9-13(11)21-15(20)22-14-10-6-4-8-12(14)16(17,18)19/h3-10H,2H2,1H3,(H3,20,21,22). The molecule has 0 fully saturated rings. The smallest absolute Gasteiger partial charge is 0.326 e. The number of aryl methyl sites for hydroxylation is 1. The van der Waals surface area contributed by atoms with Crippen LogP contribution in [0.2, 0.25) is 0 Å². The lowest BCUT2D eigenvalue weighted by Crippen LogP contribution is -2.23. The largest absolute Gasteiger partial charge is 0.418 e. The van der Waals surface area contributed by atoms with Gasteiger partial charge in [0.05, 0.1) is 11.3 Å². The number of hydrogen-bond acceptors (Lipinski definition) is 1. The first-order valence-corrected chi connectivity index (χ1v) is 6.78. The molecule has 0 spiro atoms. The fourth-order valence-electron chi connectivity index (χ4n) is 2.09. The van der Waals surface area contributed by atoms with Crippen LogP contribution in [-0.2, 0) is 12.6 Å². The van der Waals surface area contributed by atoms with Crippen molar-refractivity contribution in [2.45, 2.75) is 19.5 Å². The molecular formula is C16H16F3N3. The Kier molecular flexibility index (Phi) is 4.70. The highest BCUT2D eigenvalue weighted by Gasteiger charge is 2.33. The molecule has 2 rings (SSSR count). The first kappa shape index (κ1) is 15.9. The van der Waals surface area contributed by atoms with Gasteiger partial charge in [0, 0.05) is 5.69 Å². The highest BCUT2D eigenvalue weighted by Crippen LogP contribution is 2.34. The predicted octanol–water partition coefficient (Wildman–Crippen LogP) is 4.73. The fourth-order valence-corrected chi connectivity index (χ4v) is 2.09. The average molecular weight is 307 g/mol. The van der Waals surface area contributed by atoms with Crippen molar-refractivity contribution in [2.75, 3.05) is 10.6 Å². The molecule has 0 saturated heterocycles. The van der Waals surface area contributed by atoms with Gasteiger partial charge in [0.15, 0.2) is 5.96 Å². The second kappa shape index (κ2) is 6.51. The van der Waals surface area contributed by atoms with Crippen molar-refractivity contribution in [3.05, 3.63) is 59.7 Å². The molecule has 3 nitrogen and oxygen atoms in total. The van der Waals surface area contributed by atoms with Crippen molar-refractivity contribution in [1.29, 1.82) is 5.41 Å². The minimum atomic E-state index is -4.47. The molecule has 0 saturated carbocycles. The van der Waals surface area contributed by atoms with Crippen LogP contribution in [0.1, 0.15) is 18.1 Å². The third-order valence-corrected chi connectivity index (χ3v) is 3.15. The molecule has 0 aliphatic heterocycles. The Balaban J connectivity index is 2.17. The summed E-state index contributed by atoms with van der Waals surface area (Å²) in [4.78, 5) is 0. The molecule has 0 radical (unpaired) electrons. The van der Waals surface area contributed by atoms with Gasteiger partial charge in [-0.05, 0) is 30.2 Å². The quantitative estimate of drug-likeness (QED) is 0.567. The van der Waals surface area contributed by atoms with Crippen LogP contribution >= 0.6 is 0 Å². The zero-order chi connectivity index (χ0) is 16.2. The fraction of sp³-hybridized carbons (Fsp3) is 0.188. The monoisotopic (exact) mass is 307 g/mol. The van der Waals surface area contributed by atoms with Crippen LogP contribution in [0, 0.1) is 5.41 Å². The average Bonchev–Trinajstić information content (AvgIpc) is 2.47. The van der Waals surface area contributed by atoms with Gasteiger partial charge in [-0.2, -0.15) is 13.2 Å². The molecule has 116 valence electrons. The van der Waals surface area contributed by atoms with Gasteiger partial charge in [0.1, 0.15) is 0 Å². The number of rotatable bonds is 3. The minimum absolute atomic E-state index is 0.151. The van der Waals surface area contributed by atoms with Gasteiger partial charge in [-0.3, -0.25) is 5.41 Å². The number of halogens is 3. The van der Waals surface area contributed by atoms with Crippen LogP contribution < -0.4 is 10.6 Å². The SMILES string of the molecule is CCc1ccccc1NC(=N)Nc1ccccc1C(F)(F)F. The summed E-state index contributed by atoms with van der Waals surface area (Å²) in [6.07, 6.45) is -3.71. The first-order chi connectivity index (χ1) is 10.4. The number of hydrogen-bond donors (Lipinski definition) is 3. The Morgan fingerprint density at radius 2 is 1.50 bits per heavy atom. The van der Waals surface area contributed by atoms with E-state index in [-0.39, 0.29) is 11.6 Å². The van der Waals surface area contributed by atoms with Gasteiger partial charge in [0.2, 0.25) is 0 Å².